The third-order valence-electron chi connectivity index (χ3n) is 2.60. The topological polar surface area (TPSA) is 86.7 Å². The lowest BCUT2D eigenvalue weighted by atomic mass is 10.1. The Kier molecular flexibility index (Phi) is 5.83. The smallest absolute Gasteiger partial charge is 0.331 e. The summed E-state index contributed by atoms with van der Waals surface area (Å²) in [6, 6.07) is 0. The van der Waals surface area contributed by atoms with Crippen LogP contribution in [0.4, 0.5) is 0 Å². The van der Waals surface area contributed by atoms with Gasteiger partial charge in [-0.2, -0.15) is 0 Å². The summed E-state index contributed by atoms with van der Waals surface area (Å²) in [7, 11) is 0. The Balaban J connectivity index is 2.85. The molecule has 1 rings (SSSR count). The monoisotopic (exact) mass is 280 g/mol. The second-order valence-electron chi connectivity index (χ2n) is 4.40. The molecule has 108 valence electrons. The molecular weight excluding hydrogens is 264 g/mol. The van der Waals surface area contributed by atoms with E-state index < -0.39 is 29.9 Å². The van der Waals surface area contributed by atoms with Crippen LogP contribution in [0.25, 0.3) is 0 Å². The van der Waals surface area contributed by atoms with Crippen LogP contribution in [-0.2, 0) is 28.7 Å². The SMILES string of the molecule is CC1CCC(=O)/C=C/C(=O)O[C@H](C)C(=O)/C=C/C(=O)O1. The highest BCUT2D eigenvalue weighted by Crippen LogP contribution is 2.05. The molecule has 0 radical (unpaired) electrons. The average molecular weight is 280 g/mol. The maximum atomic E-state index is 11.6. The van der Waals surface area contributed by atoms with E-state index in [0.717, 1.165) is 24.3 Å². The summed E-state index contributed by atoms with van der Waals surface area (Å²) < 4.78 is 9.77. The van der Waals surface area contributed by atoms with Crippen LogP contribution in [0.3, 0.4) is 0 Å². The number of carbonyl (C=O) groups excluding carboxylic acids is 4. The van der Waals surface area contributed by atoms with Gasteiger partial charge >= 0.3 is 11.9 Å². The Morgan fingerprint density at radius 3 is 2.20 bits per heavy atom. The van der Waals surface area contributed by atoms with Crippen molar-refractivity contribution in [2.24, 2.45) is 0 Å². The van der Waals surface area contributed by atoms with E-state index >= 15 is 0 Å². The van der Waals surface area contributed by atoms with Gasteiger partial charge in [-0.3, -0.25) is 9.59 Å². The third kappa shape index (κ3) is 5.60. The molecule has 1 aliphatic rings. The minimum absolute atomic E-state index is 0.149. The minimum Gasteiger partial charge on any atom is -0.459 e. The number of rotatable bonds is 0. The van der Waals surface area contributed by atoms with E-state index in [9.17, 15) is 19.2 Å². The van der Waals surface area contributed by atoms with Gasteiger partial charge in [0.15, 0.2) is 17.7 Å². The molecule has 0 aromatic heterocycles. The Bertz CT molecular complexity index is 474. The molecule has 0 amide bonds. The highest BCUT2D eigenvalue weighted by atomic mass is 16.5. The second kappa shape index (κ2) is 7.37. The standard InChI is InChI=1S/C14H16O6/c1-9-3-4-11(15)5-7-14(18)20-10(2)12(16)6-8-13(17)19-9/h5-10H,3-4H2,1-2H3/b7-5+,8-6+/t9?,10-/m1/s1. The molecule has 1 heterocycles. The molecule has 0 fully saturated rings. The average Bonchev–Trinajstić information content (AvgIpc) is 2.39. The Morgan fingerprint density at radius 1 is 0.900 bits per heavy atom. The number of hydrogen-bond donors (Lipinski definition) is 0. The van der Waals surface area contributed by atoms with Crippen molar-refractivity contribution >= 4 is 23.5 Å². The van der Waals surface area contributed by atoms with E-state index in [1.54, 1.807) is 6.92 Å². The van der Waals surface area contributed by atoms with Gasteiger partial charge in [-0.25, -0.2) is 9.59 Å². The molecule has 0 saturated carbocycles. The number of cyclic esters (lactones) is 2. The zero-order valence-corrected chi connectivity index (χ0v) is 11.3. The highest BCUT2D eigenvalue weighted by Gasteiger charge is 2.16. The van der Waals surface area contributed by atoms with Crippen LogP contribution in [0.2, 0.25) is 0 Å². The first kappa shape index (κ1) is 15.8. The normalized spacial score (nSPS) is 29.1. The Morgan fingerprint density at radius 2 is 1.50 bits per heavy atom. The fourth-order valence-corrected chi connectivity index (χ4v) is 1.44. The molecule has 1 unspecified atom stereocenters. The van der Waals surface area contributed by atoms with Gasteiger partial charge in [0.25, 0.3) is 0 Å². The predicted octanol–water partition coefficient (Wildman–Crippen LogP) is 0.894. The van der Waals surface area contributed by atoms with Gasteiger partial charge in [0.05, 0.1) is 6.10 Å². The zero-order valence-electron chi connectivity index (χ0n) is 11.3. The molecule has 0 spiro atoms. The molecule has 0 aromatic rings. The molecule has 2 atom stereocenters. The first-order valence-electron chi connectivity index (χ1n) is 6.22. The second-order valence-corrected chi connectivity index (χ2v) is 4.40. The van der Waals surface area contributed by atoms with Gasteiger partial charge in [-0.15, -0.1) is 0 Å². The fourth-order valence-electron chi connectivity index (χ4n) is 1.44. The van der Waals surface area contributed by atoms with Gasteiger partial charge in [-0.05, 0) is 32.4 Å². The number of hydrogen-bond acceptors (Lipinski definition) is 6. The van der Waals surface area contributed by atoms with Crippen molar-refractivity contribution in [2.45, 2.75) is 38.9 Å². The van der Waals surface area contributed by atoms with Crippen molar-refractivity contribution in [3.63, 3.8) is 0 Å². The summed E-state index contributed by atoms with van der Waals surface area (Å²) in [5.74, 6) is -2.28. The molecule has 6 nitrogen and oxygen atoms in total. The van der Waals surface area contributed by atoms with Gasteiger partial charge < -0.3 is 9.47 Å². The minimum atomic E-state index is -1.04. The lowest BCUT2D eigenvalue weighted by molar-refractivity contribution is -0.147. The van der Waals surface area contributed by atoms with Crippen molar-refractivity contribution in [3.05, 3.63) is 24.3 Å². The Labute approximate surface area is 116 Å². The van der Waals surface area contributed by atoms with E-state index in [0.29, 0.717) is 6.42 Å². The summed E-state index contributed by atoms with van der Waals surface area (Å²) in [6.45, 7) is 3.02. The lowest BCUT2D eigenvalue weighted by Crippen LogP contribution is -2.22. The van der Waals surface area contributed by atoms with Crippen LogP contribution >= 0.6 is 0 Å². The van der Waals surface area contributed by atoms with E-state index in [1.165, 1.54) is 6.92 Å². The number of ketones is 2. The highest BCUT2D eigenvalue weighted by molar-refractivity contribution is 6.00. The first-order chi connectivity index (χ1) is 9.38. The van der Waals surface area contributed by atoms with E-state index in [2.05, 4.69) is 0 Å². The van der Waals surface area contributed by atoms with E-state index in [-0.39, 0.29) is 12.2 Å². The molecule has 0 aliphatic carbocycles. The summed E-state index contributed by atoms with van der Waals surface area (Å²) in [5.41, 5.74) is 0. The molecule has 6 heteroatoms. The molecule has 0 bridgehead atoms. The first-order valence-corrected chi connectivity index (χ1v) is 6.22. The zero-order chi connectivity index (χ0) is 15.1. The maximum Gasteiger partial charge on any atom is 0.331 e. The maximum absolute atomic E-state index is 11.6. The summed E-state index contributed by atoms with van der Waals surface area (Å²) in [4.78, 5) is 45.8. The lowest BCUT2D eigenvalue weighted by Gasteiger charge is -2.11. The molecule has 0 aromatic carbocycles. The van der Waals surface area contributed by atoms with Crippen molar-refractivity contribution < 1.29 is 28.7 Å². The van der Waals surface area contributed by atoms with Gasteiger partial charge in [0.2, 0.25) is 0 Å². The van der Waals surface area contributed by atoms with Gasteiger partial charge in [0.1, 0.15) is 0 Å². The summed E-state index contributed by atoms with van der Waals surface area (Å²) in [6.07, 6.45) is 3.06. The van der Waals surface area contributed by atoms with Crippen LogP contribution in [0.1, 0.15) is 26.7 Å². The van der Waals surface area contributed by atoms with E-state index in [4.69, 9.17) is 9.47 Å². The number of allylic oxidation sites excluding steroid dienone is 1. The molecular formula is C14H16O6. The van der Waals surface area contributed by atoms with Crippen LogP contribution in [0.5, 0.6) is 0 Å². The number of ether oxygens (including phenoxy) is 2. The molecule has 0 N–H and O–H groups in total. The Hall–Kier alpha value is -2.24. The van der Waals surface area contributed by atoms with Crippen molar-refractivity contribution in [3.8, 4) is 0 Å². The number of esters is 2. The van der Waals surface area contributed by atoms with Gasteiger partial charge in [0, 0.05) is 18.6 Å². The third-order valence-corrected chi connectivity index (χ3v) is 2.60. The van der Waals surface area contributed by atoms with Crippen molar-refractivity contribution in [1.29, 1.82) is 0 Å². The number of carbonyl (C=O) groups is 4. The molecule has 0 saturated heterocycles. The van der Waals surface area contributed by atoms with E-state index in [1.807, 2.05) is 0 Å². The van der Waals surface area contributed by atoms with Crippen LogP contribution < -0.4 is 0 Å². The van der Waals surface area contributed by atoms with Crippen molar-refractivity contribution in [2.75, 3.05) is 0 Å². The molecule has 1 aliphatic heterocycles. The van der Waals surface area contributed by atoms with Gasteiger partial charge in [-0.1, -0.05) is 0 Å². The van der Waals surface area contributed by atoms with Crippen LogP contribution in [0.15, 0.2) is 24.3 Å². The molecule has 20 heavy (non-hydrogen) atoms. The fraction of sp³-hybridized carbons (Fsp3) is 0.429. The van der Waals surface area contributed by atoms with Crippen molar-refractivity contribution in [1.82, 2.24) is 0 Å². The largest absolute Gasteiger partial charge is 0.459 e. The van der Waals surface area contributed by atoms with Crippen LogP contribution in [0, 0.1) is 0 Å². The quantitative estimate of drug-likeness (QED) is 0.612. The predicted molar refractivity (Wildman–Crippen MR) is 68.6 cm³/mol. The summed E-state index contributed by atoms with van der Waals surface area (Å²) >= 11 is 0. The van der Waals surface area contributed by atoms with Crippen LogP contribution in [-0.4, -0.2) is 35.7 Å². The summed E-state index contributed by atoms with van der Waals surface area (Å²) in [5, 5.41) is 0.